The fourth-order valence-electron chi connectivity index (χ4n) is 3.24. The molecule has 0 spiro atoms. The van der Waals surface area contributed by atoms with E-state index >= 15 is 0 Å². The van der Waals surface area contributed by atoms with Gasteiger partial charge in [-0.25, -0.2) is 13.2 Å². The van der Waals surface area contributed by atoms with E-state index in [2.05, 4.69) is 10.0 Å². The van der Waals surface area contributed by atoms with Gasteiger partial charge < -0.3 is 10.1 Å². The molecule has 0 heterocycles. The van der Waals surface area contributed by atoms with E-state index in [0.717, 1.165) is 11.3 Å². The van der Waals surface area contributed by atoms with E-state index in [1.165, 1.54) is 48.5 Å². The maximum absolute atomic E-state index is 12.8. The number of benzene rings is 4. The van der Waals surface area contributed by atoms with Gasteiger partial charge in [0.1, 0.15) is 5.75 Å². The van der Waals surface area contributed by atoms with Gasteiger partial charge in [0.15, 0.2) is 0 Å². The molecule has 0 fully saturated rings. The average Bonchev–Trinajstić information content (AvgIpc) is 2.89. The molecule has 0 aliphatic carbocycles. The number of nitrogens with zero attached hydrogens (tertiary/aromatic N) is 1. The lowest BCUT2D eigenvalue weighted by molar-refractivity contribution is -0.384. The number of carbonyl (C=O) groups excluding carboxylic acids is 1. The molecule has 0 radical (unpaired) electrons. The number of hydrogen-bond acceptors (Lipinski definition) is 7. The van der Waals surface area contributed by atoms with Gasteiger partial charge in [0.2, 0.25) is 0 Å². The number of sulfonamides is 1. The van der Waals surface area contributed by atoms with Crippen LogP contribution in [0.25, 0.3) is 0 Å². The first-order valence-electron chi connectivity index (χ1n) is 10.8. The van der Waals surface area contributed by atoms with Crippen LogP contribution < -0.4 is 14.8 Å². The third-order valence-corrected chi connectivity index (χ3v) is 6.53. The third kappa shape index (κ3) is 6.24. The predicted octanol–water partition coefficient (Wildman–Crippen LogP) is 5.23. The fraction of sp³-hybridized carbons (Fsp3) is 0.0385. The van der Waals surface area contributed by atoms with E-state index in [4.69, 9.17) is 4.74 Å². The topological polar surface area (TPSA) is 128 Å². The van der Waals surface area contributed by atoms with Gasteiger partial charge in [0.05, 0.1) is 15.4 Å². The van der Waals surface area contributed by atoms with Crippen LogP contribution in [0, 0.1) is 10.1 Å². The minimum atomic E-state index is -3.88. The molecular formula is C26H21N3O6S. The number of ether oxygens (including phenoxy) is 1. The highest BCUT2D eigenvalue weighted by atomic mass is 32.2. The lowest BCUT2D eigenvalue weighted by Crippen LogP contribution is -2.14. The monoisotopic (exact) mass is 503 g/mol. The van der Waals surface area contributed by atoms with Gasteiger partial charge in [0, 0.05) is 30.1 Å². The Hall–Kier alpha value is -4.70. The summed E-state index contributed by atoms with van der Waals surface area (Å²) in [6.07, 6.45) is 0. The molecule has 0 unspecified atom stereocenters. The van der Waals surface area contributed by atoms with E-state index in [9.17, 15) is 23.3 Å². The van der Waals surface area contributed by atoms with Gasteiger partial charge in [-0.05, 0) is 66.2 Å². The number of esters is 1. The molecule has 0 aromatic heterocycles. The van der Waals surface area contributed by atoms with Crippen molar-refractivity contribution in [2.24, 2.45) is 0 Å². The van der Waals surface area contributed by atoms with Crippen LogP contribution in [0.1, 0.15) is 15.9 Å². The van der Waals surface area contributed by atoms with Gasteiger partial charge in [-0.3, -0.25) is 14.8 Å². The molecule has 0 bridgehead atoms. The molecule has 0 atom stereocenters. The summed E-state index contributed by atoms with van der Waals surface area (Å²) in [5.74, 6) is -0.593. The zero-order chi connectivity index (χ0) is 25.5. The summed E-state index contributed by atoms with van der Waals surface area (Å²) in [5.41, 5.74) is 2.36. The Kier molecular flexibility index (Phi) is 7.26. The highest BCUT2D eigenvalue weighted by Crippen LogP contribution is 2.21. The second-order valence-corrected chi connectivity index (χ2v) is 9.37. The highest BCUT2D eigenvalue weighted by Gasteiger charge is 2.16. The molecule has 0 aliphatic heterocycles. The molecule has 0 saturated heterocycles. The smallest absolute Gasteiger partial charge is 0.343 e. The van der Waals surface area contributed by atoms with E-state index in [1.54, 1.807) is 24.3 Å². The molecule has 36 heavy (non-hydrogen) atoms. The van der Waals surface area contributed by atoms with Gasteiger partial charge in [-0.1, -0.05) is 30.3 Å². The lowest BCUT2D eigenvalue weighted by atomic mass is 10.2. The van der Waals surface area contributed by atoms with Crippen LogP contribution >= 0.6 is 0 Å². The Balaban J connectivity index is 1.36. The number of anilines is 2. The minimum Gasteiger partial charge on any atom is -0.423 e. The van der Waals surface area contributed by atoms with Crippen molar-refractivity contribution in [2.75, 3.05) is 10.0 Å². The number of hydrogen-bond donors (Lipinski definition) is 2. The van der Waals surface area contributed by atoms with Crippen molar-refractivity contribution in [3.8, 4) is 5.75 Å². The van der Waals surface area contributed by atoms with Crippen LogP contribution in [-0.4, -0.2) is 19.3 Å². The zero-order valence-electron chi connectivity index (χ0n) is 18.8. The number of nitro benzene ring substituents is 1. The van der Waals surface area contributed by atoms with Crippen molar-refractivity contribution in [3.05, 3.63) is 124 Å². The van der Waals surface area contributed by atoms with Crippen LogP contribution in [0.2, 0.25) is 0 Å². The Morgan fingerprint density at radius 2 is 1.42 bits per heavy atom. The first-order chi connectivity index (χ1) is 17.3. The number of nitro groups is 1. The highest BCUT2D eigenvalue weighted by molar-refractivity contribution is 7.92. The Bertz CT molecular complexity index is 1460. The molecule has 9 nitrogen and oxygen atoms in total. The van der Waals surface area contributed by atoms with Crippen molar-refractivity contribution in [2.45, 2.75) is 11.4 Å². The lowest BCUT2D eigenvalue weighted by Gasteiger charge is -2.11. The van der Waals surface area contributed by atoms with Crippen LogP contribution in [0.4, 0.5) is 17.1 Å². The zero-order valence-corrected chi connectivity index (χ0v) is 19.6. The van der Waals surface area contributed by atoms with Crippen LogP contribution in [0.15, 0.2) is 108 Å². The molecule has 4 aromatic rings. The predicted molar refractivity (Wildman–Crippen MR) is 136 cm³/mol. The molecule has 10 heteroatoms. The summed E-state index contributed by atoms with van der Waals surface area (Å²) >= 11 is 0. The number of non-ortho nitro benzene ring substituents is 1. The second-order valence-electron chi connectivity index (χ2n) is 7.69. The fourth-order valence-corrected chi connectivity index (χ4v) is 4.30. The van der Waals surface area contributed by atoms with Crippen LogP contribution in [0.5, 0.6) is 5.75 Å². The first-order valence-corrected chi connectivity index (χ1v) is 12.3. The molecular weight excluding hydrogens is 482 g/mol. The third-order valence-electron chi connectivity index (χ3n) is 5.13. The van der Waals surface area contributed by atoms with E-state index in [0.29, 0.717) is 12.2 Å². The molecule has 0 amide bonds. The number of carbonyl (C=O) groups is 1. The van der Waals surface area contributed by atoms with Gasteiger partial charge in [-0.15, -0.1) is 0 Å². The van der Waals surface area contributed by atoms with Crippen molar-refractivity contribution >= 4 is 33.1 Å². The largest absolute Gasteiger partial charge is 0.423 e. The number of rotatable bonds is 9. The maximum atomic E-state index is 12.8. The van der Waals surface area contributed by atoms with Crippen molar-refractivity contribution in [1.82, 2.24) is 0 Å². The molecule has 2 N–H and O–H groups in total. The normalized spacial score (nSPS) is 10.9. The summed E-state index contributed by atoms with van der Waals surface area (Å²) in [6.45, 7) is 0.644. The Labute approximate surface area is 207 Å². The Morgan fingerprint density at radius 3 is 2.03 bits per heavy atom. The van der Waals surface area contributed by atoms with Gasteiger partial charge in [0.25, 0.3) is 15.7 Å². The summed E-state index contributed by atoms with van der Waals surface area (Å²) < 4.78 is 33.2. The summed E-state index contributed by atoms with van der Waals surface area (Å²) in [4.78, 5) is 22.5. The molecule has 0 aliphatic rings. The second kappa shape index (κ2) is 10.7. The average molecular weight is 504 g/mol. The maximum Gasteiger partial charge on any atom is 0.343 e. The van der Waals surface area contributed by atoms with Crippen molar-refractivity contribution in [3.63, 3.8) is 0 Å². The van der Waals surface area contributed by atoms with Crippen LogP contribution in [0.3, 0.4) is 0 Å². The minimum absolute atomic E-state index is 0.0272. The van der Waals surface area contributed by atoms with E-state index in [-0.39, 0.29) is 21.9 Å². The molecule has 0 saturated carbocycles. The van der Waals surface area contributed by atoms with Crippen molar-refractivity contribution < 1.29 is 22.9 Å². The van der Waals surface area contributed by atoms with E-state index < -0.39 is 20.9 Å². The van der Waals surface area contributed by atoms with E-state index in [1.807, 2.05) is 30.3 Å². The van der Waals surface area contributed by atoms with Gasteiger partial charge >= 0.3 is 5.97 Å². The summed E-state index contributed by atoms with van der Waals surface area (Å²) in [7, 11) is -3.88. The SMILES string of the molecule is O=C(Oc1ccc([N+](=O)[O-])cc1)c1ccc(S(=O)(=O)Nc2ccc(NCc3ccccc3)cc2)cc1. The molecule has 182 valence electrons. The standard InChI is InChI=1S/C26H21N3O6S/c30-26(35-24-14-12-23(13-15-24)29(31)32)20-6-16-25(17-7-20)36(33,34)28-22-10-8-21(9-11-22)27-18-19-4-2-1-3-5-19/h1-17,27-28H,18H2. The number of nitrogens with one attached hydrogen (secondary N) is 2. The van der Waals surface area contributed by atoms with Crippen LogP contribution in [-0.2, 0) is 16.6 Å². The summed E-state index contributed by atoms with van der Waals surface area (Å²) in [6, 6.07) is 27.1. The summed E-state index contributed by atoms with van der Waals surface area (Å²) in [5, 5.41) is 14.0. The Morgan fingerprint density at radius 1 is 0.806 bits per heavy atom. The quantitative estimate of drug-likeness (QED) is 0.139. The first kappa shape index (κ1) is 24.4. The van der Waals surface area contributed by atoms with Crippen molar-refractivity contribution in [1.29, 1.82) is 0 Å². The molecule has 4 aromatic carbocycles. The van der Waals surface area contributed by atoms with Gasteiger partial charge in [-0.2, -0.15) is 0 Å². The molecule has 4 rings (SSSR count).